The number of hydrazine groups is 2. The van der Waals surface area contributed by atoms with Gasteiger partial charge in [-0.1, -0.05) is 66.7 Å². The Morgan fingerprint density at radius 1 is 0.750 bits per heavy atom. The molecule has 1 N–H and O–H groups in total. The summed E-state index contributed by atoms with van der Waals surface area (Å²) in [6, 6.07) is 28.5. The highest BCUT2D eigenvalue weighted by Gasteiger charge is 2.26. The van der Waals surface area contributed by atoms with E-state index in [1.54, 1.807) is 0 Å². The van der Waals surface area contributed by atoms with Crippen LogP contribution < -0.4 is 15.7 Å². The average Bonchev–Trinajstić information content (AvgIpc) is 3.09. The van der Waals surface area contributed by atoms with Crippen molar-refractivity contribution in [1.82, 2.24) is 5.43 Å². The number of para-hydroxylation sites is 2. The van der Waals surface area contributed by atoms with E-state index in [-0.39, 0.29) is 0 Å². The topological polar surface area (TPSA) is 30.9 Å². The van der Waals surface area contributed by atoms with Gasteiger partial charge < -0.3 is 0 Å². The van der Waals surface area contributed by atoms with Crippen LogP contribution >= 0.6 is 0 Å². The molecule has 0 bridgehead atoms. The van der Waals surface area contributed by atoms with Crippen LogP contribution in [0.2, 0.25) is 0 Å². The number of nitrogens with zero attached hydrogens (tertiary/aromatic N) is 3. The van der Waals surface area contributed by atoms with Crippen LogP contribution in [-0.4, -0.2) is 5.84 Å². The summed E-state index contributed by atoms with van der Waals surface area (Å²) in [4.78, 5) is 0. The molecule has 0 fully saturated rings. The van der Waals surface area contributed by atoms with Gasteiger partial charge in [-0.15, -0.1) is 5.10 Å². The predicted octanol–water partition coefficient (Wildman–Crippen LogP) is 4.10. The second-order valence-corrected chi connectivity index (χ2v) is 5.65. The number of aryl methyl sites for hydroxylation is 1. The van der Waals surface area contributed by atoms with Crippen LogP contribution in [0.3, 0.4) is 0 Å². The summed E-state index contributed by atoms with van der Waals surface area (Å²) in [5.74, 6) is 0.822. The van der Waals surface area contributed by atoms with E-state index >= 15 is 0 Å². The average molecular weight is 314 g/mol. The maximum absolute atomic E-state index is 4.79. The molecule has 3 aromatic rings. The zero-order chi connectivity index (χ0) is 16.4. The first kappa shape index (κ1) is 14.3. The molecule has 4 heteroatoms. The summed E-state index contributed by atoms with van der Waals surface area (Å²) in [6.07, 6.45) is 0. The first-order chi connectivity index (χ1) is 11.8. The van der Waals surface area contributed by atoms with Crippen molar-refractivity contribution in [2.45, 2.75) is 6.92 Å². The van der Waals surface area contributed by atoms with E-state index in [1.165, 1.54) is 5.56 Å². The lowest BCUT2D eigenvalue weighted by atomic mass is 10.2. The van der Waals surface area contributed by atoms with Crippen LogP contribution in [-0.2, 0) is 0 Å². The summed E-state index contributed by atoms with van der Waals surface area (Å²) < 4.78 is 0. The number of hydrogen-bond donors (Lipinski definition) is 1. The Kier molecular flexibility index (Phi) is 3.63. The fraction of sp³-hybridized carbons (Fsp3) is 0.0500. The van der Waals surface area contributed by atoms with Crippen molar-refractivity contribution in [2.75, 3.05) is 10.2 Å². The minimum absolute atomic E-state index is 0.822. The zero-order valence-electron chi connectivity index (χ0n) is 13.4. The number of rotatable bonds is 3. The largest absolute Gasteiger partial charge is 0.259 e. The summed E-state index contributed by atoms with van der Waals surface area (Å²) in [7, 11) is 0. The minimum Gasteiger partial charge on any atom is -0.259 e. The summed E-state index contributed by atoms with van der Waals surface area (Å²) in [5, 5.41) is 8.66. The van der Waals surface area contributed by atoms with Gasteiger partial charge in [0.05, 0.1) is 11.4 Å². The minimum atomic E-state index is 0.822. The van der Waals surface area contributed by atoms with Crippen LogP contribution in [0.15, 0.2) is 90.0 Å². The van der Waals surface area contributed by atoms with Crippen molar-refractivity contribution in [3.05, 3.63) is 96.1 Å². The van der Waals surface area contributed by atoms with Gasteiger partial charge in [0, 0.05) is 5.56 Å². The first-order valence-electron chi connectivity index (χ1n) is 7.94. The van der Waals surface area contributed by atoms with Gasteiger partial charge in [-0.25, -0.2) is 0 Å². The summed E-state index contributed by atoms with van der Waals surface area (Å²) >= 11 is 0. The molecule has 0 saturated heterocycles. The molecule has 0 aliphatic carbocycles. The predicted molar refractivity (Wildman–Crippen MR) is 98.7 cm³/mol. The van der Waals surface area contributed by atoms with Crippen molar-refractivity contribution >= 4 is 17.2 Å². The van der Waals surface area contributed by atoms with Gasteiger partial charge in [0.15, 0.2) is 5.84 Å². The quantitative estimate of drug-likeness (QED) is 0.789. The first-order valence-corrected chi connectivity index (χ1v) is 7.94. The molecule has 0 amide bonds. The fourth-order valence-electron chi connectivity index (χ4n) is 2.73. The second kappa shape index (κ2) is 6.08. The fourth-order valence-corrected chi connectivity index (χ4v) is 2.73. The molecule has 0 spiro atoms. The normalized spacial score (nSPS) is 13.6. The Morgan fingerprint density at radius 2 is 1.38 bits per heavy atom. The third kappa shape index (κ3) is 2.58. The van der Waals surface area contributed by atoms with Gasteiger partial charge in [-0.2, -0.15) is 10.2 Å². The SMILES string of the molecule is Cc1ccccc1N1NC(c2ccccc2)=NN1c1ccccc1. The molecular formula is C20H18N4. The standard InChI is InChI=1S/C20H18N4/c1-16-10-8-9-15-19(16)24-22-20(17-11-4-2-5-12-17)21-23(24)18-13-6-3-7-14-18/h2-15H,1H3,(H,21,22). The van der Waals surface area contributed by atoms with E-state index in [4.69, 9.17) is 5.10 Å². The van der Waals surface area contributed by atoms with Gasteiger partial charge in [0.1, 0.15) is 0 Å². The van der Waals surface area contributed by atoms with Crippen molar-refractivity contribution in [2.24, 2.45) is 5.10 Å². The van der Waals surface area contributed by atoms with Gasteiger partial charge in [-0.3, -0.25) is 5.43 Å². The van der Waals surface area contributed by atoms with Crippen LogP contribution in [0.4, 0.5) is 11.4 Å². The lowest BCUT2D eigenvalue weighted by Crippen LogP contribution is -2.45. The van der Waals surface area contributed by atoms with Gasteiger partial charge in [-0.05, 0) is 30.7 Å². The van der Waals surface area contributed by atoms with E-state index in [0.717, 1.165) is 22.8 Å². The number of hydrogen-bond acceptors (Lipinski definition) is 4. The van der Waals surface area contributed by atoms with E-state index in [2.05, 4.69) is 36.6 Å². The highest BCUT2D eigenvalue weighted by atomic mass is 15.9. The van der Waals surface area contributed by atoms with Gasteiger partial charge in [0.2, 0.25) is 0 Å². The van der Waals surface area contributed by atoms with E-state index < -0.39 is 0 Å². The third-order valence-electron chi connectivity index (χ3n) is 3.97. The smallest absolute Gasteiger partial charge is 0.176 e. The molecule has 1 aliphatic rings. The molecule has 3 aromatic carbocycles. The third-order valence-corrected chi connectivity index (χ3v) is 3.97. The molecule has 4 nitrogen and oxygen atoms in total. The summed E-state index contributed by atoms with van der Waals surface area (Å²) in [6.45, 7) is 2.10. The number of hydrazone groups is 1. The molecule has 1 heterocycles. The Balaban J connectivity index is 1.78. The van der Waals surface area contributed by atoms with Crippen LogP contribution in [0.1, 0.15) is 11.1 Å². The van der Waals surface area contributed by atoms with Gasteiger partial charge in [0.25, 0.3) is 0 Å². The molecule has 4 rings (SSSR count). The molecular weight excluding hydrogens is 296 g/mol. The Morgan fingerprint density at radius 3 is 2.08 bits per heavy atom. The number of amidine groups is 1. The zero-order valence-corrected chi connectivity index (χ0v) is 13.4. The van der Waals surface area contributed by atoms with Crippen LogP contribution in [0.5, 0.6) is 0 Å². The molecule has 0 aromatic heterocycles. The Labute approximate surface area is 141 Å². The Hall–Kier alpha value is -3.27. The number of benzene rings is 3. The molecule has 0 saturated carbocycles. The molecule has 0 radical (unpaired) electrons. The van der Waals surface area contributed by atoms with Crippen LogP contribution in [0, 0.1) is 6.92 Å². The maximum Gasteiger partial charge on any atom is 0.176 e. The molecule has 24 heavy (non-hydrogen) atoms. The monoisotopic (exact) mass is 314 g/mol. The highest BCUT2D eigenvalue weighted by molar-refractivity contribution is 6.02. The maximum atomic E-state index is 4.79. The molecule has 0 atom stereocenters. The van der Waals surface area contributed by atoms with E-state index in [0.29, 0.717) is 0 Å². The van der Waals surface area contributed by atoms with E-state index in [9.17, 15) is 0 Å². The molecule has 1 aliphatic heterocycles. The van der Waals surface area contributed by atoms with Crippen molar-refractivity contribution in [3.63, 3.8) is 0 Å². The van der Waals surface area contributed by atoms with Crippen molar-refractivity contribution < 1.29 is 0 Å². The van der Waals surface area contributed by atoms with Crippen LogP contribution in [0.25, 0.3) is 0 Å². The van der Waals surface area contributed by atoms with Crippen molar-refractivity contribution in [3.8, 4) is 0 Å². The number of anilines is 2. The molecule has 118 valence electrons. The summed E-state index contributed by atoms with van der Waals surface area (Å²) in [5.41, 5.74) is 7.71. The van der Waals surface area contributed by atoms with Gasteiger partial charge >= 0.3 is 0 Å². The number of nitrogens with one attached hydrogen (secondary N) is 1. The second-order valence-electron chi connectivity index (χ2n) is 5.65. The van der Waals surface area contributed by atoms with E-state index in [1.807, 2.05) is 70.9 Å². The molecule has 0 unspecified atom stereocenters. The van der Waals surface area contributed by atoms with Crippen molar-refractivity contribution in [1.29, 1.82) is 0 Å². The highest BCUT2D eigenvalue weighted by Crippen LogP contribution is 2.27. The lowest BCUT2D eigenvalue weighted by molar-refractivity contribution is 0.767. The lowest BCUT2D eigenvalue weighted by Gasteiger charge is -2.29. The Bertz CT molecular complexity index is 859.